The second-order valence-electron chi connectivity index (χ2n) is 7.26. The molecule has 0 saturated carbocycles. The van der Waals surface area contributed by atoms with Crippen molar-refractivity contribution in [1.29, 1.82) is 0 Å². The molecule has 0 aromatic heterocycles. The topological polar surface area (TPSA) is 21.5 Å². The van der Waals surface area contributed by atoms with Gasteiger partial charge >= 0.3 is 0 Å². The van der Waals surface area contributed by atoms with Gasteiger partial charge in [0.1, 0.15) is 5.02 Å². The normalized spacial score (nSPS) is 16.1. The summed E-state index contributed by atoms with van der Waals surface area (Å²) in [4.78, 5) is 0. The van der Waals surface area contributed by atoms with E-state index in [1.807, 2.05) is 12.1 Å². The molecule has 0 N–H and O–H groups in total. The molecule has 0 saturated heterocycles. The van der Waals surface area contributed by atoms with E-state index in [-0.39, 0.29) is 11.9 Å². The first-order chi connectivity index (χ1) is 13.5. The van der Waals surface area contributed by atoms with E-state index >= 15 is 0 Å². The first-order valence-corrected chi connectivity index (χ1v) is 10.2. The first kappa shape index (κ1) is 20.7. The minimum atomic E-state index is -0.295. The van der Waals surface area contributed by atoms with Crippen LogP contribution in [0, 0.1) is 5.82 Å². The number of hydrogen-bond acceptors (Lipinski definition) is 2. The Hall–Kier alpha value is -2.07. The third-order valence-corrected chi connectivity index (χ3v) is 5.67. The van der Waals surface area contributed by atoms with Crippen LogP contribution in [0.25, 0.3) is 0 Å². The molecule has 0 amide bonds. The van der Waals surface area contributed by atoms with Crippen molar-refractivity contribution >= 4 is 23.0 Å². The molecule has 1 atom stereocenters. The molecule has 0 aliphatic carbocycles. The number of unbranched alkanes of at least 4 members (excludes halogenated alkanes) is 2. The van der Waals surface area contributed by atoms with Crippen LogP contribution in [0.1, 0.15) is 50.7 Å². The van der Waals surface area contributed by atoms with Gasteiger partial charge in [0, 0.05) is 18.4 Å². The zero-order valence-electron chi connectivity index (χ0n) is 17.0. The average Bonchev–Trinajstić information content (AvgIpc) is 2.68. The van der Waals surface area contributed by atoms with Crippen LogP contribution in [-0.2, 0) is 6.42 Å². The highest BCUT2D eigenvalue weighted by molar-refractivity contribution is 6.32. The summed E-state index contributed by atoms with van der Waals surface area (Å²) in [6.45, 7) is 4.30. The van der Waals surface area contributed by atoms with Gasteiger partial charge in [-0.25, -0.2) is 0 Å². The second-order valence-corrected chi connectivity index (χ2v) is 7.67. The van der Waals surface area contributed by atoms with Gasteiger partial charge in [-0.3, -0.25) is 0 Å². The van der Waals surface area contributed by atoms with Crippen LogP contribution in [0.5, 0.6) is 11.5 Å². The van der Waals surface area contributed by atoms with E-state index in [1.54, 1.807) is 26.4 Å². The molecule has 28 heavy (non-hydrogen) atoms. The zero-order chi connectivity index (χ0) is 20.3. The van der Waals surface area contributed by atoms with Crippen molar-refractivity contribution in [2.75, 3.05) is 14.2 Å². The Balaban J connectivity index is 2.25. The molecule has 1 unspecified atom stereocenters. The van der Waals surface area contributed by atoms with Crippen LogP contribution in [0.15, 0.2) is 30.3 Å². The molecule has 150 valence electrons. The monoisotopic (exact) mass is 404 g/mol. The molecule has 0 bridgehead atoms. The molecule has 3 rings (SSSR count). The van der Waals surface area contributed by atoms with Crippen molar-refractivity contribution in [2.24, 2.45) is 0 Å². The highest BCUT2D eigenvalue weighted by atomic mass is 35.5. The van der Waals surface area contributed by atoms with Crippen LogP contribution in [0.2, 0.25) is 5.02 Å². The Morgan fingerprint density at radius 2 is 1.86 bits per heavy atom. The third kappa shape index (κ3) is 3.88. The van der Waals surface area contributed by atoms with Crippen LogP contribution >= 0.6 is 11.6 Å². The summed E-state index contributed by atoms with van der Waals surface area (Å²) < 4.78 is 27.9. The fourth-order valence-corrected chi connectivity index (χ4v) is 4.29. The standard InChI is InChI=1S/C23H28ClFNO2/c1-5-6-7-11-20-17-14-22(28-4)21(27-3)13-16(17)12-15(2)26(20)23-18(24)9-8-10-19(23)25/h8-10,13-15H,5-7,11-12H2,1-4H3/q+1. The van der Waals surface area contributed by atoms with Gasteiger partial charge in [0.05, 0.1) is 14.2 Å². The number of methoxy groups -OCH3 is 2. The number of halogens is 2. The van der Waals surface area contributed by atoms with E-state index in [0.717, 1.165) is 49.1 Å². The molecule has 1 aliphatic heterocycles. The number of ether oxygens (including phenoxy) is 2. The Kier molecular flexibility index (Phi) is 6.61. The molecule has 0 spiro atoms. The maximum Gasteiger partial charge on any atom is 0.260 e. The van der Waals surface area contributed by atoms with Crippen molar-refractivity contribution in [1.82, 2.24) is 0 Å². The van der Waals surface area contributed by atoms with Gasteiger partial charge in [-0.05, 0) is 43.2 Å². The van der Waals surface area contributed by atoms with Gasteiger partial charge in [-0.2, -0.15) is 8.97 Å². The van der Waals surface area contributed by atoms with E-state index in [0.29, 0.717) is 16.5 Å². The lowest BCUT2D eigenvalue weighted by Gasteiger charge is -2.25. The largest absolute Gasteiger partial charge is 0.493 e. The van der Waals surface area contributed by atoms with Crippen molar-refractivity contribution in [3.63, 3.8) is 0 Å². The van der Waals surface area contributed by atoms with E-state index in [2.05, 4.69) is 18.4 Å². The Bertz CT molecular complexity index is 874. The molecule has 5 heteroatoms. The summed E-state index contributed by atoms with van der Waals surface area (Å²) in [5, 5.41) is 0.434. The smallest absolute Gasteiger partial charge is 0.260 e. The summed E-state index contributed by atoms with van der Waals surface area (Å²) in [7, 11) is 3.28. The lowest BCUT2D eigenvalue weighted by Crippen LogP contribution is -2.34. The predicted molar refractivity (Wildman–Crippen MR) is 112 cm³/mol. The molecular weight excluding hydrogens is 377 g/mol. The van der Waals surface area contributed by atoms with Crippen molar-refractivity contribution < 1.29 is 18.4 Å². The number of nitrogens with zero attached hydrogens (tertiary/aromatic N) is 1. The predicted octanol–water partition coefficient (Wildman–Crippen LogP) is 6.15. The Morgan fingerprint density at radius 3 is 2.50 bits per heavy atom. The number of fused-ring (bicyclic) bond motifs is 1. The maximum absolute atomic E-state index is 14.8. The summed E-state index contributed by atoms with van der Waals surface area (Å²) in [5.74, 6) is 1.11. The Labute approximate surface area is 171 Å². The summed E-state index contributed by atoms with van der Waals surface area (Å²) >= 11 is 6.45. The van der Waals surface area contributed by atoms with Crippen LogP contribution in [0.4, 0.5) is 10.1 Å². The van der Waals surface area contributed by atoms with Gasteiger partial charge < -0.3 is 9.47 Å². The van der Waals surface area contributed by atoms with E-state index < -0.39 is 0 Å². The number of benzene rings is 2. The lowest BCUT2D eigenvalue weighted by molar-refractivity contribution is -0.484. The van der Waals surface area contributed by atoms with Crippen LogP contribution < -0.4 is 9.47 Å². The molecule has 2 aromatic rings. The molecule has 1 heterocycles. The molecular formula is C23H28ClFNO2+. The minimum Gasteiger partial charge on any atom is -0.493 e. The fourth-order valence-electron chi connectivity index (χ4n) is 4.04. The van der Waals surface area contributed by atoms with Gasteiger partial charge in [0.15, 0.2) is 29.1 Å². The SMILES string of the molecule is CCCCCC1=[N+](c2c(F)cccc2Cl)C(C)Cc2cc(OC)c(OC)cc21. The Morgan fingerprint density at radius 1 is 1.14 bits per heavy atom. The minimum absolute atomic E-state index is 0.0802. The van der Waals surface area contributed by atoms with Gasteiger partial charge in [0.25, 0.3) is 5.69 Å². The zero-order valence-corrected chi connectivity index (χ0v) is 17.8. The average molecular weight is 405 g/mol. The highest BCUT2D eigenvalue weighted by Crippen LogP contribution is 2.38. The van der Waals surface area contributed by atoms with Crippen molar-refractivity contribution in [3.05, 3.63) is 52.3 Å². The van der Waals surface area contributed by atoms with Crippen molar-refractivity contribution in [2.45, 2.75) is 52.0 Å². The second kappa shape index (κ2) is 8.95. The van der Waals surface area contributed by atoms with Crippen LogP contribution in [0.3, 0.4) is 0 Å². The summed E-state index contributed by atoms with van der Waals surface area (Å²) in [6, 6.07) is 9.02. The van der Waals surface area contributed by atoms with E-state index in [9.17, 15) is 4.39 Å². The molecule has 1 aliphatic rings. The molecule has 0 radical (unpaired) electrons. The summed E-state index contributed by atoms with van der Waals surface area (Å²) in [6.07, 6.45) is 4.92. The molecule has 3 nitrogen and oxygen atoms in total. The van der Waals surface area contributed by atoms with Gasteiger partial charge in [0.2, 0.25) is 0 Å². The number of rotatable bonds is 7. The first-order valence-electron chi connectivity index (χ1n) is 9.86. The quantitative estimate of drug-likeness (QED) is 0.407. The maximum atomic E-state index is 14.8. The lowest BCUT2D eigenvalue weighted by atomic mass is 9.89. The van der Waals surface area contributed by atoms with Crippen molar-refractivity contribution in [3.8, 4) is 11.5 Å². The van der Waals surface area contributed by atoms with Crippen LogP contribution in [-0.4, -0.2) is 30.5 Å². The number of para-hydroxylation sites is 1. The van der Waals surface area contributed by atoms with E-state index in [1.165, 1.54) is 11.6 Å². The number of hydrogen-bond donors (Lipinski definition) is 0. The molecule has 0 fully saturated rings. The molecule has 2 aromatic carbocycles. The van der Waals surface area contributed by atoms with Gasteiger partial charge in [-0.1, -0.05) is 37.4 Å². The van der Waals surface area contributed by atoms with Gasteiger partial charge in [-0.15, -0.1) is 0 Å². The third-order valence-electron chi connectivity index (χ3n) is 5.36. The highest BCUT2D eigenvalue weighted by Gasteiger charge is 2.36. The summed E-state index contributed by atoms with van der Waals surface area (Å²) in [5.41, 5.74) is 3.84. The van der Waals surface area contributed by atoms with E-state index in [4.69, 9.17) is 21.1 Å². The fraction of sp³-hybridized carbons (Fsp3) is 0.435.